The zero-order valence-electron chi connectivity index (χ0n) is 9.99. The van der Waals surface area contributed by atoms with E-state index in [-0.39, 0.29) is 17.7 Å². The van der Waals surface area contributed by atoms with Crippen molar-refractivity contribution in [3.63, 3.8) is 0 Å². The zero-order valence-corrected chi connectivity index (χ0v) is 10.8. The van der Waals surface area contributed by atoms with E-state index in [0.717, 1.165) is 19.3 Å². The molecule has 0 saturated carbocycles. The molecule has 3 atom stereocenters. The molecular weight excluding hydrogens is 210 g/mol. The van der Waals surface area contributed by atoms with Crippen LogP contribution in [0.5, 0.6) is 0 Å². The Hall–Kier alpha value is 0.0700. The van der Waals surface area contributed by atoms with Crippen LogP contribution in [-0.2, 0) is 15.5 Å². The lowest BCUT2D eigenvalue weighted by Gasteiger charge is -2.19. The second-order valence-corrected chi connectivity index (χ2v) is 6.74. The van der Waals surface area contributed by atoms with Crippen molar-refractivity contribution in [2.24, 2.45) is 5.73 Å². The molecule has 0 bridgehead atoms. The number of hydrogen-bond donors (Lipinski definition) is 1. The largest absolute Gasteiger partial charge is 0.371 e. The number of rotatable bonds is 5. The van der Waals surface area contributed by atoms with Gasteiger partial charge in [-0.3, -0.25) is 4.21 Å². The fourth-order valence-electron chi connectivity index (χ4n) is 1.80. The highest BCUT2D eigenvalue weighted by molar-refractivity contribution is 7.85. The van der Waals surface area contributed by atoms with Gasteiger partial charge in [-0.15, -0.1) is 0 Å². The molecule has 1 fully saturated rings. The molecule has 1 aliphatic heterocycles. The van der Waals surface area contributed by atoms with Crippen LogP contribution >= 0.6 is 0 Å². The lowest BCUT2D eigenvalue weighted by molar-refractivity contribution is -0.00498. The SMILES string of the molecule is CC(N)CCS(=O)CC1CCC(C)(C)O1. The number of nitrogens with two attached hydrogens (primary N) is 1. The van der Waals surface area contributed by atoms with Crippen molar-refractivity contribution in [1.82, 2.24) is 0 Å². The standard InChI is InChI=1S/C11H23NO2S/c1-9(12)5-7-15(13)8-10-4-6-11(2,3)14-10/h9-10H,4-8,12H2,1-3H3. The maximum atomic E-state index is 11.7. The average Bonchev–Trinajstić information content (AvgIpc) is 2.42. The molecule has 0 aromatic rings. The fraction of sp³-hybridized carbons (Fsp3) is 1.00. The first-order valence-electron chi connectivity index (χ1n) is 5.67. The third-order valence-corrected chi connectivity index (χ3v) is 4.16. The van der Waals surface area contributed by atoms with Crippen molar-refractivity contribution in [2.45, 2.75) is 57.8 Å². The highest BCUT2D eigenvalue weighted by Crippen LogP contribution is 2.29. The third kappa shape index (κ3) is 5.09. The fourth-order valence-corrected chi connectivity index (χ4v) is 3.25. The predicted molar refractivity (Wildman–Crippen MR) is 64.3 cm³/mol. The Labute approximate surface area is 95.2 Å². The highest BCUT2D eigenvalue weighted by Gasteiger charge is 2.32. The van der Waals surface area contributed by atoms with Crippen LogP contribution in [0.4, 0.5) is 0 Å². The molecule has 3 nitrogen and oxygen atoms in total. The molecule has 0 aliphatic carbocycles. The van der Waals surface area contributed by atoms with E-state index in [1.54, 1.807) is 0 Å². The predicted octanol–water partition coefficient (Wildman–Crippen LogP) is 1.43. The summed E-state index contributed by atoms with van der Waals surface area (Å²) in [5, 5.41) is 0. The minimum Gasteiger partial charge on any atom is -0.371 e. The summed E-state index contributed by atoms with van der Waals surface area (Å²) in [7, 11) is -0.769. The van der Waals surface area contributed by atoms with Crippen LogP contribution in [0.25, 0.3) is 0 Å². The van der Waals surface area contributed by atoms with E-state index in [1.807, 2.05) is 6.92 Å². The van der Waals surface area contributed by atoms with Gasteiger partial charge >= 0.3 is 0 Å². The summed E-state index contributed by atoms with van der Waals surface area (Å²) in [6, 6.07) is 0.148. The van der Waals surface area contributed by atoms with Gasteiger partial charge < -0.3 is 10.5 Å². The van der Waals surface area contributed by atoms with Crippen LogP contribution < -0.4 is 5.73 Å². The van der Waals surface area contributed by atoms with E-state index in [0.29, 0.717) is 11.5 Å². The number of ether oxygens (including phenoxy) is 1. The summed E-state index contributed by atoms with van der Waals surface area (Å²) in [5.41, 5.74) is 5.61. The second kappa shape index (κ2) is 5.41. The third-order valence-electron chi connectivity index (χ3n) is 2.73. The topological polar surface area (TPSA) is 52.3 Å². The minimum absolute atomic E-state index is 0.0178. The molecule has 1 rings (SSSR count). The van der Waals surface area contributed by atoms with E-state index in [2.05, 4.69) is 13.8 Å². The van der Waals surface area contributed by atoms with Crippen molar-refractivity contribution < 1.29 is 8.95 Å². The van der Waals surface area contributed by atoms with Crippen LogP contribution in [-0.4, -0.2) is 33.5 Å². The first-order valence-corrected chi connectivity index (χ1v) is 7.16. The molecule has 3 unspecified atom stereocenters. The van der Waals surface area contributed by atoms with E-state index < -0.39 is 10.8 Å². The first-order chi connectivity index (χ1) is 6.89. The number of hydrogen-bond acceptors (Lipinski definition) is 3. The van der Waals surface area contributed by atoms with Crippen LogP contribution in [0.1, 0.15) is 40.0 Å². The maximum absolute atomic E-state index is 11.7. The molecule has 1 heterocycles. The molecule has 2 N–H and O–H groups in total. The van der Waals surface area contributed by atoms with Crippen LogP contribution in [0.2, 0.25) is 0 Å². The maximum Gasteiger partial charge on any atom is 0.0698 e. The van der Waals surface area contributed by atoms with Crippen molar-refractivity contribution in [3.05, 3.63) is 0 Å². The average molecular weight is 233 g/mol. The van der Waals surface area contributed by atoms with E-state index >= 15 is 0 Å². The normalized spacial score (nSPS) is 28.9. The van der Waals surface area contributed by atoms with Crippen LogP contribution in [0, 0.1) is 0 Å². The molecule has 0 spiro atoms. The summed E-state index contributed by atoms with van der Waals surface area (Å²) in [4.78, 5) is 0. The van der Waals surface area contributed by atoms with Gasteiger partial charge in [0.05, 0.1) is 11.7 Å². The highest BCUT2D eigenvalue weighted by atomic mass is 32.2. The van der Waals surface area contributed by atoms with E-state index in [4.69, 9.17) is 10.5 Å². The Morgan fingerprint density at radius 3 is 2.73 bits per heavy atom. The van der Waals surface area contributed by atoms with Gasteiger partial charge in [-0.1, -0.05) is 0 Å². The quantitative estimate of drug-likeness (QED) is 0.781. The van der Waals surface area contributed by atoms with Crippen molar-refractivity contribution in [3.8, 4) is 0 Å². The summed E-state index contributed by atoms with van der Waals surface area (Å²) in [5.74, 6) is 1.38. The Balaban J connectivity index is 2.22. The Morgan fingerprint density at radius 1 is 1.60 bits per heavy atom. The summed E-state index contributed by atoms with van der Waals surface area (Å²) < 4.78 is 17.5. The second-order valence-electron chi connectivity index (χ2n) is 5.11. The van der Waals surface area contributed by atoms with Gasteiger partial charge in [0, 0.05) is 28.3 Å². The minimum atomic E-state index is -0.769. The zero-order chi connectivity index (χ0) is 11.5. The lowest BCUT2D eigenvalue weighted by Crippen LogP contribution is -2.25. The molecule has 90 valence electrons. The van der Waals surface area contributed by atoms with Gasteiger partial charge in [0.15, 0.2) is 0 Å². The van der Waals surface area contributed by atoms with Crippen LogP contribution in [0.3, 0.4) is 0 Å². The lowest BCUT2D eigenvalue weighted by atomic mass is 10.1. The molecular formula is C11H23NO2S. The molecule has 0 aromatic carbocycles. The Bertz CT molecular complexity index is 229. The van der Waals surface area contributed by atoms with Gasteiger partial charge in [0.1, 0.15) is 0 Å². The molecule has 4 heteroatoms. The summed E-state index contributed by atoms with van der Waals surface area (Å²) in [6.45, 7) is 6.14. The molecule has 1 aliphatic rings. The van der Waals surface area contributed by atoms with Gasteiger partial charge in [-0.25, -0.2) is 0 Å². The monoisotopic (exact) mass is 233 g/mol. The van der Waals surface area contributed by atoms with Gasteiger partial charge in [-0.2, -0.15) is 0 Å². The smallest absolute Gasteiger partial charge is 0.0698 e. The van der Waals surface area contributed by atoms with Crippen molar-refractivity contribution in [1.29, 1.82) is 0 Å². The Kier molecular flexibility index (Phi) is 4.74. The Morgan fingerprint density at radius 2 is 2.27 bits per heavy atom. The summed E-state index contributed by atoms with van der Waals surface area (Å²) in [6.07, 6.45) is 3.14. The first kappa shape index (κ1) is 13.1. The van der Waals surface area contributed by atoms with Crippen molar-refractivity contribution in [2.75, 3.05) is 11.5 Å². The van der Waals surface area contributed by atoms with Gasteiger partial charge in [0.25, 0.3) is 0 Å². The molecule has 0 radical (unpaired) electrons. The molecule has 0 aromatic heterocycles. The molecule has 15 heavy (non-hydrogen) atoms. The summed E-state index contributed by atoms with van der Waals surface area (Å²) >= 11 is 0. The van der Waals surface area contributed by atoms with E-state index in [1.165, 1.54) is 0 Å². The van der Waals surface area contributed by atoms with Crippen molar-refractivity contribution >= 4 is 10.8 Å². The van der Waals surface area contributed by atoms with Crippen LogP contribution in [0.15, 0.2) is 0 Å². The molecule has 1 saturated heterocycles. The van der Waals surface area contributed by atoms with Gasteiger partial charge in [-0.05, 0) is 40.0 Å². The van der Waals surface area contributed by atoms with Gasteiger partial charge in [0.2, 0.25) is 0 Å². The molecule has 0 amide bonds. The van der Waals surface area contributed by atoms with E-state index in [9.17, 15) is 4.21 Å².